The molecule has 0 aliphatic heterocycles. The summed E-state index contributed by atoms with van der Waals surface area (Å²) in [6.07, 6.45) is 6.61. The van der Waals surface area contributed by atoms with Crippen LogP contribution in [0.4, 0.5) is 0 Å². The summed E-state index contributed by atoms with van der Waals surface area (Å²) >= 11 is 0. The van der Waals surface area contributed by atoms with E-state index in [0.717, 1.165) is 0 Å². The lowest BCUT2D eigenvalue weighted by atomic mass is 10.2. The van der Waals surface area contributed by atoms with Crippen molar-refractivity contribution >= 4 is 7.92 Å². The van der Waals surface area contributed by atoms with Gasteiger partial charge in [0.15, 0.2) is 0 Å². The second-order valence-corrected chi connectivity index (χ2v) is 7.46. The van der Waals surface area contributed by atoms with Crippen LogP contribution in [0, 0.1) is 0 Å². The standard InChI is InChI=1S/C18H23P/c1-2-3-14-19(15-17-10-6-4-7-11-17)16-18-12-8-5-9-13-18/h4-13H,2-3,14-16H2,1H3. The van der Waals surface area contributed by atoms with Crippen LogP contribution in [0.2, 0.25) is 0 Å². The topological polar surface area (TPSA) is 0 Å². The maximum Gasteiger partial charge on any atom is -0.00701 e. The van der Waals surface area contributed by atoms with Crippen LogP contribution in [-0.2, 0) is 12.3 Å². The van der Waals surface area contributed by atoms with Gasteiger partial charge in [-0.1, -0.05) is 81.9 Å². The normalized spacial score (nSPS) is 10.8. The van der Waals surface area contributed by atoms with Crippen molar-refractivity contribution in [2.24, 2.45) is 0 Å². The summed E-state index contributed by atoms with van der Waals surface area (Å²) in [6, 6.07) is 21.9. The molecule has 1 heteroatoms. The second-order valence-electron chi connectivity index (χ2n) is 5.04. The molecule has 100 valence electrons. The number of benzene rings is 2. The highest BCUT2D eigenvalue weighted by Gasteiger charge is 2.09. The highest BCUT2D eigenvalue weighted by Crippen LogP contribution is 2.44. The third-order valence-corrected chi connectivity index (χ3v) is 5.90. The molecule has 0 atom stereocenters. The van der Waals surface area contributed by atoms with E-state index in [9.17, 15) is 0 Å². The molecule has 2 aromatic rings. The van der Waals surface area contributed by atoms with Gasteiger partial charge in [0.2, 0.25) is 0 Å². The highest BCUT2D eigenvalue weighted by molar-refractivity contribution is 7.56. The van der Waals surface area contributed by atoms with E-state index in [4.69, 9.17) is 0 Å². The van der Waals surface area contributed by atoms with Crippen LogP contribution in [0.1, 0.15) is 30.9 Å². The Morgan fingerprint density at radius 1 is 0.737 bits per heavy atom. The summed E-state index contributed by atoms with van der Waals surface area (Å²) in [5.41, 5.74) is 3.00. The Morgan fingerprint density at radius 2 is 1.21 bits per heavy atom. The monoisotopic (exact) mass is 270 g/mol. The molecule has 0 amide bonds. The van der Waals surface area contributed by atoms with Crippen molar-refractivity contribution in [1.29, 1.82) is 0 Å². The molecule has 0 heterocycles. The zero-order chi connectivity index (χ0) is 13.3. The molecule has 0 fully saturated rings. The van der Waals surface area contributed by atoms with Crippen LogP contribution < -0.4 is 0 Å². The highest BCUT2D eigenvalue weighted by atomic mass is 31.1. The van der Waals surface area contributed by atoms with Gasteiger partial charge >= 0.3 is 0 Å². The van der Waals surface area contributed by atoms with Crippen molar-refractivity contribution in [3.05, 3.63) is 71.8 Å². The van der Waals surface area contributed by atoms with Gasteiger partial charge in [0.25, 0.3) is 0 Å². The molecule has 0 aromatic heterocycles. The van der Waals surface area contributed by atoms with Crippen LogP contribution in [0.15, 0.2) is 60.7 Å². The molecule has 0 N–H and O–H groups in total. The largest absolute Gasteiger partial charge is 0.0977 e. The fraction of sp³-hybridized carbons (Fsp3) is 0.333. The Hall–Kier alpha value is -1.13. The number of hydrogen-bond donors (Lipinski definition) is 0. The lowest BCUT2D eigenvalue weighted by Crippen LogP contribution is -1.93. The van der Waals surface area contributed by atoms with Gasteiger partial charge < -0.3 is 0 Å². The lowest BCUT2D eigenvalue weighted by molar-refractivity contribution is 0.887. The van der Waals surface area contributed by atoms with E-state index in [1.807, 2.05) is 0 Å². The SMILES string of the molecule is CCCCP(Cc1ccccc1)Cc1ccccc1. The first kappa shape index (κ1) is 14.3. The molecule has 2 aromatic carbocycles. The van der Waals surface area contributed by atoms with E-state index < -0.39 is 0 Å². The van der Waals surface area contributed by atoms with Gasteiger partial charge in [-0.25, -0.2) is 0 Å². The van der Waals surface area contributed by atoms with Gasteiger partial charge in [0, 0.05) is 0 Å². The Morgan fingerprint density at radius 3 is 1.63 bits per heavy atom. The zero-order valence-corrected chi connectivity index (χ0v) is 12.7. The fourth-order valence-electron chi connectivity index (χ4n) is 2.28. The number of rotatable bonds is 7. The number of hydrogen-bond acceptors (Lipinski definition) is 0. The van der Waals surface area contributed by atoms with Crippen molar-refractivity contribution in [2.45, 2.75) is 32.1 Å². The zero-order valence-electron chi connectivity index (χ0n) is 11.8. The minimum Gasteiger partial charge on any atom is -0.0977 e. The minimum atomic E-state index is 0.0809. The van der Waals surface area contributed by atoms with Crippen molar-refractivity contribution in [2.75, 3.05) is 6.16 Å². The van der Waals surface area contributed by atoms with Gasteiger partial charge in [-0.3, -0.25) is 0 Å². The van der Waals surface area contributed by atoms with Crippen LogP contribution >= 0.6 is 7.92 Å². The van der Waals surface area contributed by atoms with Crippen molar-refractivity contribution in [3.63, 3.8) is 0 Å². The van der Waals surface area contributed by atoms with Crippen LogP contribution in [0.25, 0.3) is 0 Å². The van der Waals surface area contributed by atoms with Crippen molar-refractivity contribution in [1.82, 2.24) is 0 Å². The predicted octanol–water partition coefficient (Wildman–Crippen LogP) is 5.67. The lowest BCUT2D eigenvalue weighted by Gasteiger charge is -2.18. The molecular formula is C18H23P. The van der Waals surface area contributed by atoms with E-state index in [0.29, 0.717) is 0 Å². The molecule has 0 unspecified atom stereocenters. The minimum absolute atomic E-state index is 0.0809. The average molecular weight is 270 g/mol. The molecule has 0 saturated heterocycles. The van der Waals surface area contributed by atoms with Gasteiger partial charge in [0.05, 0.1) is 0 Å². The summed E-state index contributed by atoms with van der Waals surface area (Å²) in [4.78, 5) is 0. The average Bonchev–Trinajstić information content (AvgIpc) is 2.47. The molecule has 19 heavy (non-hydrogen) atoms. The summed E-state index contributed by atoms with van der Waals surface area (Å²) in [5, 5.41) is 0. The second kappa shape index (κ2) is 8.12. The van der Waals surface area contributed by atoms with Crippen LogP contribution in [0.3, 0.4) is 0 Å². The summed E-state index contributed by atoms with van der Waals surface area (Å²) < 4.78 is 0. The Bertz CT molecular complexity index is 408. The fourth-order valence-corrected chi connectivity index (χ4v) is 4.92. The van der Waals surface area contributed by atoms with Gasteiger partial charge in [-0.2, -0.15) is 0 Å². The van der Waals surface area contributed by atoms with E-state index in [1.165, 1.54) is 42.5 Å². The van der Waals surface area contributed by atoms with E-state index in [2.05, 4.69) is 67.6 Å². The van der Waals surface area contributed by atoms with Crippen LogP contribution in [0.5, 0.6) is 0 Å². The first-order valence-electron chi connectivity index (χ1n) is 7.18. The smallest absolute Gasteiger partial charge is 0.00701 e. The van der Waals surface area contributed by atoms with Gasteiger partial charge in [0.1, 0.15) is 0 Å². The summed E-state index contributed by atoms with van der Waals surface area (Å²) in [5.74, 6) is 0. The van der Waals surface area contributed by atoms with Gasteiger partial charge in [-0.15, -0.1) is 0 Å². The Kier molecular flexibility index (Phi) is 6.11. The molecule has 2 rings (SSSR count). The molecule has 0 saturated carbocycles. The summed E-state index contributed by atoms with van der Waals surface area (Å²) in [6.45, 7) is 2.29. The van der Waals surface area contributed by atoms with Crippen molar-refractivity contribution in [3.8, 4) is 0 Å². The first-order chi connectivity index (χ1) is 9.38. The molecule has 0 bridgehead atoms. The van der Waals surface area contributed by atoms with E-state index >= 15 is 0 Å². The first-order valence-corrected chi connectivity index (χ1v) is 9.08. The quantitative estimate of drug-likeness (QED) is 0.569. The predicted molar refractivity (Wildman–Crippen MR) is 87.0 cm³/mol. The Labute approximate surface area is 118 Å². The maximum atomic E-state index is 2.29. The third-order valence-electron chi connectivity index (χ3n) is 3.33. The van der Waals surface area contributed by atoms with E-state index in [-0.39, 0.29) is 7.92 Å². The Balaban J connectivity index is 1.99. The van der Waals surface area contributed by atoms with Crippen molar-refractivity contribution < 1.29 is 0 Å². The van der Waals surface area contributed by atoms with Crippen LogP contribution in [-0.4, -0.2) is 6.16 Å². The molecule has 0 aliphatic rings. The maximum absolute atomic E-state index is 2.29. The number of unbranched alkanes of at least 4 members (excludes halogenated alkanes) is 1. The van der Waals surface area contributed by atoms with Gasteiger partial charge in [-0.05, 0) is 36.0 Å². The molecule has 0 nitrogen and oxygen atoms in total. The van der Waals surface area contributed by atoms with E-state index in [1.54, 1.807) is 0 Å². The molecule has 0 spiro atoms. The third kappa shape index (κ3) is 5.17. The molecule has 0 radical (unpaired) electrons. The summed E-state index contributed by atoms with van der Waals surface area (Å²) in [7, 11) is 0.0809. The molecule has 0 aliphatic carbocycles. The molecular weight excluding hydrogens is 247 g/mol.